The minimum absolute atomic E-state index is 0.0807. The second-order valence-electron chi connectivity index (χ2n) is 6.91. The molecule has 1 heterocycles. The molecule has 0 saturated heterocycles. The Kier molecular flexibility index (Phi) is 6.99. The summed E-state index contributed by atoms with van der Waals surface area (Å²) < 4.78 is 26.6. The minimum atomic E-state index is -3.78. The number of thiazole rings is 1. The van der Waals surface area contributed by atoms with E-state index in [1.165, 1.54) is 34.8 Å². The zero-order chi connectivity index (χ0) is 20.9. The Morgan fingerprint density at radius 1 is 1.03 bits per heavy atom. The average Bonchev–Trinajstić information content (AvgIpc) is 2.93. The van der Waals surface area contributed by atoms with E-state index in [1.54, 1.807) is 12.1 Å². The topological polar surface area (TPSA) is 117 Å². The van der Waals surface area contributed by atoms with Crippen LogP contribution >= 0.6 is 11.3 Å². The van der Waals surface area contributed by atoms with E-state index >= 15 is 0 Å². The highest BCUT2D eigenvalue weighted by atomic mass is 32.2. The number of carbonyl (C=O) groups excluding carboxylic acids is 2. The van der Waals surface area contributed by atoms with Gasteiger partial charge in [0.1, 0.15) is 0 Å². The summed E-state index contributed by atoms with van der Waals surface area (Å²) in [5.41, 5.74) is 1.99. The van der Waals surface area contributed by atoms with E-state index < -0.39 is 28.4 Å². The Bertz CT molecular complexity index is 961. The van der Waals surface area contributed by atoms with Crippen molar-refractivity contribution >= 4 is 38.3 Å². The van der Waals surface area contributed by atoms with Gasteiger partial charge in [-0.15, -0.1) is 11.3 Å². The highest BCUT2D eigenvalue weighted by molar-refractivity contribution is 7.89. The van der Waals surface area contributed by atoms with Crippen LogP contribution in [0.15, 0.2) is 29.2 Å². The maximum atomic E-state index is 12.2. The van der Waals surface area contributed by atoms with Crippen molar-refractivity contribution in [2.24, 2.45) is 0 Å². The van der Waals surface area contributed by atoms with Crippen LogP contribution < -0.4 is 15.4 Å². The molecule has 156 valence electrons. The van der Waals surface area contributed by atoms with Gasteiger partial charge < -0.3 is 10.6 Å². The first-order chi connectivity index (χ1) is 13.8. The first-order valence-electron chi connectivity index (χ1n) is 9.45. The molecular weight excluding hydrogens is 412 g/mol. The molecule has 0 radical (unpaired) electrons. The molecule has 1 aliphatic rings. The van der Waals surface area contributed by atoms with Gasteiger partial charge in [-0.05, 0) is 44.7 Å². The van der Waals surface area contributed by atoms with Gasteiger partial charge in [-0.25, -0.2) is 18.1 Å². The van der Waals surface area contributed by atoms with Crippen molar-refractivity contribution in [2.75, 3.05) is 18.4 Å². The average molecular weight is 437 g/mol. The molecule has 1 aliphatic carbocycles. The summed E-state index contributed by atoms with van der Waals surface area (Å²) in [7, 11) is -3.78. The van der Waals surface area contributed by atoms with E-state index in [9.17, 15) is 18.0 Å². The van der Waals surface area contributed by atoms with Crippen molar-refractivity contribution in [1.82, 2.24) is 15.0 Å². The predicted molar refractivity (Wildman–Crippen MR) is 111 cm³/mol. The van der Waals surface area contributed by atoms with Gasteiger partial charge in [-0.2, -0.15) is 0 Å². The molecule has 1 aromatic carbocycles. The smallest absolute Gasteiger partial charge is 0.245 e. The van der Waals surface area contributed by atoms with Crippen LogP contribution in [0.4, 0.5) is 5.13 Å². The number of aryl methyl sites for hydroxylation is 3. The third kappa shape index (κ3) is 6.09. The van der Waals surface area contributed by atoms with Gasteiger partial charge >= 0.3 is 0 Å². The maximum Gasteiger partial charge on any atom is 0.245 e. The van der Waals surface area contributed by atoms with Crippen molar-refractivity contribution in [1.29, 1.82) is 0 Å². The zero-order valence-electron chi connectivity index (χ0n) is 16.2. The summed E-state index contributed by atoms with van der Waals surface area (Å²) in [5.74, 6) is -0.991. The molecular formula is C19H24N4O4S2. The second kappa shape index (κ2) is 9.47. The molecule has 3 rings (SSSR count). The third-order valence-electron chi connectivity index (χ3n) is 4.54. The first-order valence-corrected chi connectivity index (χ1v) is 11.7. The molecule has 10 heteroatoms. The molecule has 2 aromatic rings. The summed E-state index contributed by atoms with van der Waals surface area (Å²) in [6.07, 6.45) is 5.36. The fraction of sp³-hybridized carbons (Fsp3) is 0.421. The molecule has 0 aliphatic heterocycles. The van der Waals surface area contributed by atoms with Crippen molar-refractivity contribution in [3.63, 3.8) is 0 Å². The number of fused-ring (bicyclic) bond motifs is 1. The lowest BCUT2D eigenvalue weighted by atomic mass is 10.2. The highest BCUT2D eigenvalue weighted by Crippen LogP contribution is 2.28. The molecule has 3 N–H and O–H groups in total. The largest absolute Gasteiger partial charge is 0.346 e. The van der Waals surface area contributed by atoms with Crippen LogP contribution in [0.3, 0.4) is 0 Å². The molecule has 0 bridgehead atoms. The normalized spacial score (nSPS) is 14.0. The van der Waals surface area contributed by atoms with Crippen LogP contribution in [0, 0.1) is 6.92 Å². The summed E-state index contributed by atoms with van der Waals surface area (Å²) in [6.45, 7) is 1.15. The van der Waals surface area contributed by atoms with Crippen LogP contribution in [0.2, 0.25) is 0 Å². The lowest BCUT2D eigenvalue weighted by Crippen LogP contribution is -2.40. The molecule has 29 heavy (non-hydrogen) atoms. The fourth-order valence-electron chi connectivity index (χ4n) is 2.95. The molecule has 0 atom stereocenters. The summed E-state index contributed by atoms with van der Waals surface area (Å²) in [6, 6.07) is 6.30. The number of nitrogens with zero attached hydrogens (tertiary/aromatic N) is 1. The number of anilines is 1. The monoisotopic (exact) mass is 436 g/mol. The molecule has 0 saturated carbocycles. The van der Waals surface area contributed by atoms with Crippen molar-refractivity contribution < 1.29 is 18.0 Å². The Hall–Kier alpha value is -2.30. The summed E-state index contributed by atoms with van der Waals surface area (Å²) in [4.78, 5) is 29.7. The van der Waals surface area contributed by atoms with E-state index in [1.807, 2.05) is 6.92 Å². The van der Waals surface area contributed by atoms with Crippen molar-refractivity contribution in [3.8, 4) is 0 Å². The molecule has 0 spiro atoms. The van der Waals surface area contributed by atoms with Gasteiger partial charge in [0, 0.05) is 4.88 Å². The number of benzene rings is 1. The van der Waals surface area contributed by atoms with E-state index in [-0.39, 0.29) is 11.4 Å². The van der Waals surface area contributed by atoms with E-state index in [0.717, 1.165) is 36.9 Å². The second-order valence-corrected chi connectivity index (χ2v) is 9.76. The Balaban J connectivity index is 1.44. The number of amides is 2. The SMILES string of the molecule is Cc1ccc(S(=O)(=O)NCC(=O)NCC(=O)Nc2nc3c(s2)CCCCC3)cc1. The van der Waals surface area contributed by atoms with Crippen molar-refractivity contribution in [3.05, 3.63) is 40.4 Å². The van der Waals surface area contributed by atoms with Gasteiger partial charge in [0.15, 0.2) is 5.13 Å². The number of carbonyl (C=O) groups is 2. The number of hydrogen-bond acceptors (Lipinski definition) is 6. The number of rotatable bonds is 7. The molecule has 1 aromatic heterocycles. The van der Waals surface area contributed by atoms with Crippen LogP contribution in [0.25, 0.3) is 0 Å². The van der Waals surface area contributed by atoms with Gasteiger partial charge in [0.25, 0.3) is 0 Å². The first kappa shape index (κ1) is 21.4. The fourth-order valence-corrected chi connectivity index (χ4v) is 5.00. The summed E-state index contributed by atoms with van der Waals surface area (Å²) in [5, 5.41) is 5.64. The predicted octanol–water partition coefficient (Wildman–Crippen LogP) is 1.75. The van der Waals surface area contributed by atoms with Crippen LogP contribution in [-0.4, -0.2) is 38.3 Å². The number of nitrogens with one attached hydrogen (secondary N) is 3. The lowest BCUT2D eigenvalue weighted by Gasteiger charge is -2.08. The molecule has 0 fully saturated rings. The summed E-state index contributed by atoms with van der Waals surface area (Å²) >= 11 is 1.48. The van der Waals surface area contributed by atoms with Gasteiger partial charge in [0.05, 0.1) is 23.7 Å². The molecule has 2 amide bonds. The number of sulfonamides is 1. The van der Waals surface area contributed by atoms with Crippen LogP contribution in [0.1, 0.15) is 35.4 Å². The van der Waals surface area contributed by atoms with Gasteiger partial charge in [-0.3, -0.25) is 9.59 Å². The van der Waals surface area contributed by atoms with Gasteiger partial charge in [0.2, 0.25) is 21.8 Å². The highest BCUT2D eigenvalue weighted by Gasteiger charge is 2.17. The van der Waals surface area contributed by atoms with E-state index in [4.69, 9.17) is 0 Å². The Morgan fingerprint density at radius 2 is 1.76 bits per heavy atom. The van der Waals surface area contributed by atoms with Crippen LogP contribution in [-0.2, 0) is 32.5 Å². The minimum Gasteiger partial charge on any atom is -0.346 e. The number of hydrogen-bond donors (Lipinski definition) is 3. The van der Waals surface area contributed by atoms with Crippen LogP contribution in [0.5, 0.6) is 0 Å². The van der Waals surface area contributed by atoms with E-state index in [2.05, 4.69) is 20.3 Å². The zero-order valence-corrected chi connectivity index (χ0v) is 17.8. The number of aromatic nitrogens is 1. The third-order valence-corrected chi connectivity index (χ3v) is 7.03. The molecule has 8 nitrogen and oxygen atoms in total. The standard InChI is InChI=1S/C19H24N4O4S2/c1-13-7-9-14(10-8-13)29(26,27)21-12-17(24)20-11-18(25)23-19-22-15-5-3-2-4-6-16(15)28-19/h7-10,21H,2-6,11-12H2,1H3,(H,20,24)(H,22,23,25). The quantitative estimate of drug-likeness (QED) is 0.572. The van der Waals surface area contributed by atoms with Crippen molar-refractivity contribution in [2.45, 2.75) is 43.9 Å². The Morgan fingerprint density at radius 3 is 2.52 bits per heavy atom. The van der Waals surface area contributed by atoms with Gasteiger partial charge in [-0.1, -0.05) is 24.1 Å². The maximum absolute atomic E-state index is 12.2. The lowest BCUT2D eigenvalue weighted by molar-refractivity contribution is -0.123. The van der Waals surface area contributed by atoms with E-state index in [0.29, 0.717) is 5.13 Å². The molecule has 0 unspecified atom stereocenters. The Labute approximate surface area is 174 Å².